The molecule has 0 unspecified atom stereocenters. The Kier molecular flexibility index (Phi) is 6.40. The maximum Gasteiger partial charge on any atom is 0.255 e. The van der Waals surface area contributed by atoms with Crippen molar-refractivity contribution in [2.45, 2.75) is 26.7 Å². The lowest BCUT2D eigenvalue weighted by Crippen LogP contribution is -2.19. The van der Waals surface area contributed by atoms with Gasteiger partial charge in [-0.05, 0) is 74.7 Å². The first kappa shape index (κ1) is 24.5. The van der Waals surface area contributed by atoms with Crippen LogP contribution in [0.1, 0.15) is 34.5 Å². The first-order valence-corrected chi connectivity index (χ1v) is 13.0. The molecule has 1 fully saturated rings. The van der Waals surface area contributed by atoms with Crippen LogP contribution in [0.15, 0.2) is 79.1 Å². The minimum absolute atomic E-state index is 0.285. The molecule has 3 aromatic carbocycles. The van der Waals surface area contributed by atoms with Crippen molar-refractivity contribution in [2.75, 3.05) is 23.3 Å². The van der Waals surface area contributed by atoms with Gasteiger partial charge in [-0.1, -0.05) is 29.5 Å². The molecule has 1 N–H and O–H groups in total. The number of benzene rings is 3. The van der Waals surface area contributed by atoms with E-state index in [9.17, 15) is 9.18 Å². The Hall–Kier alpha value is -4.79. The second-order valence-corrected chi connectivity index (χ2v) is 9.79. The highest BCUT2D eigenvalue weighted by Crippen LogP contribution is 2.27. The molecule has 3 heterocycles. The third-order valence-electron chi connectivity index (χ3n) is 7.11. The smallest absolute Gasteiger partial charge is 0.255 e. The normalized spacial score (nSPS) is 13.2. The summed E-state index contributed by atoms with van der Waals surface area (Å²) < 4.78 is 17.9. The van der Waals surface area contributed by atoms with Crippen LogP contribution in [-0.2, 0) is 0 Å². The van der Waals surface area contributed by atoms with E-state index in [0.717, 1.165) is 59.8 Å². The van der Waals surface area contributed by atoms with Crippen molar-refractivity contribution in [1.82, 2.24) is 24.8 Å². The van der Waals surface area contributed by atoms with Crippen molar-refractivity contribution in [3.05, 3.63) is 102 Å². The quantitative estimate of drug-likeness (QED) is 0.309. The number of nitrogens with one attached hydrogen (secondary N) is 1. The highest BCUT2D eigenvalue weighted by molar-refractivity contribution is 6.05. The van der Waals surface area contributed by atoms with Gasteiger partial charge in [0.1, 0.15) is 11.5 Å². The average Bonchev–Trinajstić information content (AvgIpc) is 3.71. The number of nitrogens with zero attached hydrogens (tertiary/aromatic N) is 6. The Labute approximate surface area is 225 Å². The molecule has 1 saturated heterocycles. The highest BCUT2D eigenvalue weighted by atomic mass is 19.1. The van der Waals surface area contributed by atoms with Gasteiger partial charge in [0, 0.05) is 35.6 Å². The molecule has 0 bridgehead atoms. The monoisotopic (exact) mass is 521 g/mol. The number of para-hydroxylation sites is 1. The van der Waals surface area contributed by atoms with Crippen molar-refractivity contribution >= 4 is 17.3 Å². The number of anilines is 2. The van der Waals surface area contributed by atoms with Gasteiger partial charge in [-0.25, -0.2) is 13.8 Å². The summed E-state index contributed by atoms with van der Waals surface area (Å²) in [6, 6.07) is 20.0. The Bertz CT molecular complexity index is 1650. The standard InChI is InChI=1S/C30H28FN7O/c1-20-10-11-24(33-30(39)22-14-23(31)16-26(15-22)36-12-6-7-13-36)17-29(20)37-19-28(34-35-37)27-18-32-38(21(27)2)25-8-4-3-5-9-25/h3-5,8-11,14-19H,6-7,12-13H2,1-2H3,(H,33,39). The van der Waals surface area contributed by atoms with Crippen LogP contribution in [0, 0.1) is 19.7 Å². The number of halogens is 1. The second kappa shape index (κ2) is 10.2. The van der Waals surface area contributed by atoms with Crippen molar-refractivity contribution in [1.29, 1.82) is 0 Å². The lowest BCUT2D eigenvalue weighted by atomic mass is 10.1. The predicted octanol–water partition coefficient (Wildman–Crippen LogP) is 5.73. The Morgan fingerprint density at radius 2 is 1.74 bits per heavy atom. The van der Waals surface area contributed by atoms with Gasteiger partial charge in [0.05, 0.1) is 29.5 Å². The molecule has 39 heavy (non-hydrogen) atoms. The van der Waals surface area contributed by atoms with Gasteiger partial charge in [0.2, 0.25) is 0 Å². The van der Waals surface area contributed by atoms with Gasteiger partial charge in [-0.2, -0.15) is 5.10 Å². The van der Waals surface area contributed by atoms with E-state index < -0.39 is 5.82 Å². The third kappa shape index (κ3) is 4.90. The lowest BCUT2D eigenvalue weighted by Gasteiger charge is -2.18. The molecule has 196 valence electrons. The molecule has 0 spiro atoms. The summed E-state index contributed by atoms with van der Waals surface area (Å²) in [4.78, 5) is 15.2. The number of rotatable bonds is 6. The summed E-state index contributed by atoms with van der Waals surface area (Å²) in [7, 11) is 0. The maximum absolute atomic E-state index is 14.4. The molecule has 6 rings (SSSR count). The minimum atomic E-state index is -0.421. The average molecular weight is 522 g/mol. The van der Waals surface area contributed by atoms with Crippen LogP contribution < -0.4 is 10.2 Å². The fraction of sp³-hybridized carbons (Fsp3) is 0.200. The maximum atomic E-state index is 14.4. The van der Waals surface area contributed by atoms with E-state index in [1.807, 2.05) is 73.3 Å². The van der Waals surface area contributed by atoms with Gasteiger partial charge in [0.15, 0.2) is 0 Å². The van der Waals surface area contributed by atoms with Crippen LogP contribution in [0.3, 0.4) is 0 Å². The summed E-state index contributed by atoms with van der Waals surface area (Å²) in [6.07, 6.45) is 5.78. The largest absolute Gasteiger partial charge is 0.371 e. The Morgan fingerprint density at radius 3 is 2.54 bits per heavy atom. The number of aromatic nitrogens is 5. The molecule has 1 aliphatic heterocycles. The van der Waals surface area contributed by atoms with E-state index in [4.69, 9.17) is 0 Å². The first-order valence-electron chi connectivity index (χ1n) is 13.0. The molecule has 1 amide bonds. The molecule has 0 atom stereocenters. The van der Waals surface area contributed by atoms with E-state index in [1.165, 1.54) is 12.1 Å². The van der Waals surface area contributed by atoms with Crippen LogP contribution >= 0.6 is 0 Å². The van der Waals surface area contributed by atoms with Crippen molar-refractivity contribution in [2.24, 2.45) is 0 Å². The topological polar surface area (TPSA) is 80.9 Å². The summed E-state index contributed by atoms with van der Waals surface area (Å²) in [5.74, 6) is -0.789. The molecule has 0 aliphatic carbocycles. The zero-order chi connectivity index (χ0) is 26.9. The van der Waals surface area contributed by atoms with E-state index >= 15 is 0 Å². The highest BCUT2D eigenvalue weighted by Gasteiger charge is 2.18. The molecular formula is C30H28FN7O. The summed E-state index contributed by atoms with van der Waals surface area (Å²) in [5.41, 5.74) is 6.84. The van der Waals surface area contributed by atoms with Gasteiger partial charge in [0.25, 0.3) is 5.91 Å². The minimum Gasteiger partial charge on any atom is -0.371 e. The Morgan fingerprint density at radius 1 is 0.949 bits per heavy atom. The summed E-state index contributed by atoms with van der Waals surface area (Å²) >= 11 is 0. The van der Waals surface area contributed by atoms with Gasteiger partial charge in [-0.15, -0.1) is 5.10 Å². The van der Waals surface area contributed by atoms with E-state index in [1.54, 1.807) is 16.9 Å². The number of hydrogen-bond donors (Lipinski definition) is 1. The Balaban J connectivity index is 1.24. The molecular weight excluding hydrogens is 493 g/mol. The fourth-order valence-corrected chi connectivity index (χ4v) is 5.00. The summed E-state index contributed by atoms with van der Waals surface area (Å²) in [6.45, 7) is 5.71. The van der Waals surface area contributed by atoms with E-state index in [-0.39, 0.29) is 11.5 Å². The first-order chi connectivity index (χ1) is 19.0. The van der Waals surface area contributed by atoms with Crippen LogP contribution in [0.5, 0.6) is 0 Å². The van der Waals surface area contributed by atoms with Crippen molar-refractivity contribution in [3.63, 3.8) is 0 Å². The number of amides is 1. The number of carbonyl (C=O) groups excluding carboxylic acids is 1. The van der Waals surface area contributed by atoms with Gasteiger partial charge < -0.3 is 10.2 Å². The number of hydrogen-bond acceptors (Lipinski definition) is 5. The zero-order valence-electron chi connectivity index (χ0n) is 21.8. The predicted molar refractivity (Wildman–Crippen MR) is 149 cm³/mol. The second-order valence-electron chi connectivity index (χ2n) is 9.79. The molecule has 0 saturated carbocycles. The SMILES string of the molecule is Cc1ccc(NC(=O)c2cc(F)cc(N3CCCC3)c2)cc1-n1cc(-c2cnn(-c3ccccc3)c2C)nn1. The van der Waals surface area contributed by atoms with E-state index in [0.29, 0.717) is 11.4 Å². The van der Waals surface area contributed by atoms with E-state index in [2.05, 4.69) is 25.6 Å². The number of aryl methyl sites for hydroxylation is 1. The molecule has 8 nitrogen and oxygen atoms in total. The molecule has 1 aliphatic rings. The summed E-state index contributed by atoms with van der Waals surface area (Å²) in [5, 5.41) is 16.2. The lowest BCUT2D eigenvalue weighted by molar-refractivity contribution is 0.102. The fourth-order valence-electron chi connectivity index (χ4n) is 5.00. The molecule has 5 aromatic rings. The molecule has 9 heteroatoms. The van der Waals surface area contributed by atoms with Crippen LogP contribution in [0.2, 0.25) is 0 Å². The van der Waals surface area contributed by atoms with Gasteiger partial charge in [-0.3, -0.25) is 4.79 Å². The molecule has 0 radical (unpaired) electrons. The van der Waals surface area contributed by atoms with Crippen molar-refractivity contribution < 1.29 is 9.18 Å². The zero-order valence-corrected chi connectivity index (χ0v) is 21.8. The van der Waals surface area contributed by atoms with Crippen LogP contribution in [0.25, 0.3) is 22.6 Å². The third-order valence-corrected chi connectivity index (χ3v) is 7.11. The van der Waals surface area contributed by atoms with Crippen LogP contribution in [0.4, 0.5) is 15.8 Å². The van der Waals surface area contributed by atoms with Crippen LogP contribution in [-0.4, -0.2) is 43.8 Å². The van der Waals surface area contributed by atoms with Crippen molar-refractivity contribution in [3.8, 4) is 22.6 Å². The van der Waals surface area contributed by atoms with Gasteiger partial charge >= 0.3 is 0 Å². The molecule has 2 aromatic heterocycles. The number of carbonyl (C=O) groups is 1.